The van der Waals surface area contributed by atoms with Crippen LogP contribution in [-0.2, 0) is 0 Å². The summed E-state index contributed by atoms with van der Waals surface area (Å²) in [5.74, 6) is 1.00. The lowest BCUT2D eigenvalue weighted by molar-refractivity contribution is 1.35. The summed E-state index contributed by atoms with van der Waals surface area (Å²) >= 11 is 21.9. The molecule has 0 aliphatic heterocycles. The van der Waals surface area contributed by atoms with E-state index in [9.17, 15) is 0 Å². The highest BCUT2D eigenvalue weighted by molar-refractivity contribution is 6.37. The fourth-order valence-corrected chi connectivity index (χ4v) is 1.34. The van der Waals surface area contributed by atoms with Gasteiger partial charge in [0.05, 0.1) is 5.88 Å². The van der Waals surface area contributed by atoms with Gasteiger partial charge in [0.1, 0.15) is 0 Å². The molecule has 0 heterocycles. The second-order valence-corrected chi connectivity index (χ2v) is 2.67. The molecular weight excluding hydrogens is 226 g/mol. The van der Waals surface area contributed by atoms with Gasteiger partial charge in [0.2, 0.25) is 0 Å². The first-order valence-electron chi connectivity index (χ1n) is 2.80. The van der Waals surface area contributed by atoms with Crippen LogP contribution in [0.25, 0.3) is 0 Å². The van der Waals surface area contributed by atoms with Crippen molar-refractivity contribution in [3.63, 3.8) is 0 Å². The van der Waals surface area contributed by atoms with Gasteiger partial charge in [-0.15, -0.1) is 48.0 Å². The Balaban J connectivity index is 0. The molecule has 0 aliphatic rings. The summed E-state index contributed by atoms with van der Waals surface area (Å²) < 4.78 is 0. The maximum absolute atomic E-state index is 5.61. The van der Waals surface area contributed by atoms with Gasteiger partial charge >= 0.3 is 0 Å². The lowest BCUT2D eigenvalue weighted by atomic mass is 10.3. The van der Waals surface area contributed by atoms with Gasteiger partial charge < -0.3 is 0 Å². The first-order valence-corrected chi connectivity index (χ1v) is 4.78. The van der Waals surface area contributed by atoms with Crippen molar-refractivity contribution < 1.29 is 0 Å². The zero-order valence-corrected chi connectivity index (χ0v) is 9.07. The van der Waals surface area contributed by atoms with E-state index in [1.54, 1.807) is 0 Å². The monoisotopic (exact) mass is 234 g/mol. The van der Waals surface area contributed by atoms with Gasteiger partial charge in [0.25, 0.3) is 0 Å². The third kappa shape index (κ3) is 7.02. The van der Waals surface area contributed by atoms with Gasteiger partial charge in [0, 0.05) is 16.8 Å². The van der Waals surface area contributed by atoms with E-state index in [0.717, 1.165) is 5.57 Å². The van der Waals surface area contributed by atoms with Crippen molar-refractivity contribution >= 4 is 46.4 Å². The molecule has 66 valence electrons. The molecule has 0 amide bonds. The number of halogens is 4. The highest BCUT2D eigenvalue weighted by atomic mass is 35.5. The van der Waals surface area contributed by atoms with Crippen LogP contribution in [0.4, 0.5) is 0 Å². The van der Waals surface area contributed by atoms with Crippen LogP contribution in [0.15, 0.2) is 23.8 Å². The Bertz CT molecular complexity index is 114. The summed E-state index contributed by atoms with van der Waals surface area (Å²) in [6, 6.07) is 0. The summed E-state index contributed by atoms with van der Waals surface area (Å²) in [6.07, 6.45) is 0. The van der Waals surface area contributed by atoms with Gasteiger partial charge in [-0.1, -0.05) is 11.6 Å². The third-order valence-corrected chi connectivity index (χ3v) is 2.27. The molecule has 0 rings (SSSR count). The van der Waals surface area contributed by atoms with Crippen LogP contribution in [0.1, 0.15) is 0 Å². The highest BCUT2D eigenvalue weighted by Gasteiger charge is 1.99. The second-order valence-electron chi connectivity index (χ2n) is 1.41. The minimum Gasteiger partial charge on any atom is -0.122 e. The maximum atomic E-state index is 5.61. The molecular formula is C7H10Cl4. The summed E-state index contributed by atoms with van der Waals surface area (Å²) in [5, 5.41) is 0.557. The average molecular weight is 236 g/mol. The van der Waals surface area contributed by atoms with E-state index in [4.69, 9.17) is 46.4 Å². The predicted molar refractivity (Wildman–Crippen MR) is 56.3 cm³/mol. The standard InChI is InChI=1S/C5H6Cl4.C2H4/c6-1-4(2-7)5(9)3-8;1-2/h1-3H2;1-2H2. The number of alkyl halides is 3. The molecule has 0 nitrogen and oxygen atoms in total. The predicted octanol–water partition coefficient (Wildman–Crippen LogP) is 4.00. The number of rotatable bonds is 3. The van der Waals surface area contributed by atoms with Crippen LogP contribution in [-0.4, -0.2) is 17.6 Å². The molecule has 0 fully saturated rings. The van der Waals surface area contributed by atoms with E-state index in [-0.39, 0.29) is 5.88 Å². The Kier molecular flexibility index (Phi) is 13.7. The quantitative estimate of drug-likeness (QED) is 0.513. The van der Waals surface area contributed by atoms with Crippen molar-refractivity contribution in [2.75, 3.05) is 17.6 Å². The molecule has 0 saturated heterocycles. The lowest BCUT2D eigenvalue weighted by Gasteiger charge is -1.98. The molecule has 0 saturated carbocycles. The minimum absolute atomic E-state index is 0.288. The van der Waals surface area contributed by atoms with E-state index in [2.05, 4.69) is 13.2 Å². The fourth-order valence-electron chi connectivity index (χ4n) is 0.275. The summed E-state index contributed by atoms with van der Waals surface area (Å²) in [6.45, 7) is 6.00. The van der Waals surface area contributed by atoms with E-state index in [1.165, 1.54) is 0 Å². The number of allylic oxidation sites excluding steroid dienone is 2. The van der Waals surface area contributed by atoms with Crippen molar-refractivity contribution in [1.82, 2.24) is 0 Å². The van der Waals surface area contributed by atoms with Gasteiger partial charge in [-0.05, 0) is 5.57 Å². The molecule has 4 heteroatoms. The Morgan fingerprint density at radius 1 is 0.909 bits per heavy atom. The largest absolute Gasteiger partial charge is 0.122 e. The Hall–Kier alpha value is 0.640. The first-order chi connectivity index (χ1) is 5.26. The molecule has 0 N–H and O–H groups in total. The van der Waals surface area contributed by atoms with Gasteiger partial charge in [-0.25, -0.2) is 0 Å². The number of hydrogen-bond acceptors (Lipinski definition) is 0. The second kappa shape index (κ2) is 10.6. The van der Waals surface area contributed by atoms with E-state index < -0.39 is 0 Å². The summed E-state index contributed by atoms with van der Waals surface area (Å²) in [4.78, 5) is 0. The van der Waals surface area contributed by atoms with Crippen molar-refractivity contribution in [3.05, 3.63) is 23.8 Å². The van der Waals surface area contributed by atoms with Crippen molar-refractivity contribution in [2.24, 2.45) is 0 Å². The average Bonchev–Trinajstić information content (AvgIpc) is 2.10. The van der Waals surface area contributed by atoms with Crippen LogP contribution in [0.2, 0.25) is 0 Å². The molecule has 0 aromatic rings. The lowest BCUT2D eigenvalue weighted by Crippen LogP contribution is -1.91. The Morgan fingerprint density at radius 2 is 1.27 bits per heavy atom. The van der Waals surface area contributed by atoms with Crippen LogP contribution in [0.3, 0.4) is 0 Å². The van der Waals surface area contributed by atoms with Crippen LogP contribution < -0.4 is 0 Å². The topological polar surface area (TPSA) is 0 Å². The molecule has 11 heavy (non-hydrogen) atoms. The summed E-state index contributed by atoms with van der Waals surface area (Å²) in [7, 11) is 0. The van der Waals surface area contributed by atoms with Crippen LogP contribution in [0.5, 0.6) is 0 Å². The van der Waals surface area contributed by atoms with E-state index in [1.807, 2.05) is 0 Å². The number of hydrogen-bond donors (Lipinski definition) is 0. The molecule has 0 atom stereocenters. The molecule has 0 radical (unpaired) electrons. The Labute approximate surface area is 87.8 Å². The van der Waals surface area contributed by atoms with Crippen molar-refractivity contribution in [1.29, 1.82) is 0 Å². The van der Waals surface area contributed by atoms with Gasteiger partial charge in [-0.2, -0.15) is 0 Å². The minimum atomic E-state index is 0.288. The first kappa shape index (κ1) is 14.2. The van der Waals surface area contributed by atoms with Crippen LogP contribution in [0, 0.1) is 0 Å². The highest BCUT2D eigenvalue weighted by Crippen LogP contribution is 2.13. The zero-order chi connectivity index (χ0) is 9.28. The van der Waals surface area contributed by atoms with E-state index >= 15 is 0 Å². The Morgan fingerprint density at radius 3 is 1.36 bits per heavy atom. The smallest absolute Gasteiger partial charge is 0.0582 e. The third-order valence-electron chi connectivity index (χ3n) is 0.824. The van der Waals surface area contributed by atoms with Crippen LogP contribution >= 0.6 is 46.4 Å². The summed E-state index contributed by atoms with van der Waals surface area (Å²) in [5.41, 5.74) is 0.801. The molecule has 0 unspecified atom stereocenters. The van der Waals surface area contributed by atoms with E-state index in [0.29, 0.717) is 16.8 Å². The molecule has 0 bridgehead atoms. The fraction of sp³-hybridized carbons (Fsp3) is 0.429. The normalized spacial score (nSPS) is 8.00. The molecule has 0 aliphatic carbocycles. The molecule has 0 aromatic carbocycles. The van der Waals surface area contributed by atoms with Crippen molar-refractivity contribution in [3.8, 4) is 0 Å². The SMILES string of the molecule is C=C.ClCC(Cl)=C(CCl)CCl. The van der Waals surface area contributed by atoms with Gasteiger partial charge in [-0.3, -0.25) is 0 Å². The maximum Gasteiger partial charge on any atom is 0.0582 e. The molecule has 0 spiro atoms. The molecule has 0 aromatic heterocycles. The zero-order valence-electron chi connectivity index (χ0n) is 6.05. The van der Waals surface area contributed by atoms with Crippen molar-refractivity contribution in [2.45, 2.75) is 0 Å². The van der Waals surface area contributed by atoms with Gasteiger partial charge in [0.15, 0.2) is 0 Å².